The summed E-state index contributed by atoms with van der Waals surface area (Å²) < 4.78 is 34.6. The zero-order valence-corrected chi connectivity index (χ0v) is 17.0. The second-order valence-electron chi connectivity index (χ2n) is 8.19. The lowest BCUT2D eigenvalue weighted by atomic mass is 9.73. The highest BCUT2D eigenvalue weighted by molar-refractivity contribution is 7.89. The van der Waals surface area contributed by atoms with Crippen molar-refractivity contribution in [3.8, 4) is 0 Å². The maximum absolute atomic E-state index is 13.5. The first-order valence-electron chi connectivity index (χ1n) is 9.55. The van der Waals surface area contributed by atoms with Gasteiger partial charge in [0.15, 0.2) is 0 Å². The first-order valence-corrected chi connectivity index (χ1v) is 11.1. The van der Waals surface area contributed by atoms with Crippen molar-refractivity contribution < 1.29 is 13.2 Å². The largest absolute Gasteiger partial charge is 0.377 e. The monoisotopic (exact) mass is 360 g/mol. The molecule has 1 heterocycles. The molecule has 1 aliphatic carbocycles. The minimum Gasteiger partial charge on any atom is -0.377 e. The lowest BCUT2D eigenvalue weighted by Gasteiger charge is -2.43. The minimum absolute atomic E-state index is 0.0888. The molecule has 2 rings (SSSR count). The van der Waals surface area contributed by atoms with Gasteiger partial charge in [0.05, 0.1) is 12.3 Å². The Bertz CT molecular complexity index is 506. The Kier molecular flexibility index (Phi) is 6.73. The molecule has 1 aliphatic heterocycles. The number of nitrogens with zero attached hydrogens (tertiary/aromatic N) is 1. The number of sulfonamides is 1. The molecule has 142 valence electrons. The number of nitrogens with one attached hydrogen (secondary N) is 1. The van der Waals surface area contributed by atoms with E-state index < -0.39 is 15.3 Å². The SMILES string of the molecule is CCOC1CC(C)C(C(C)C)CC1S(=O)(=O)N1CCNC1C(C)C. The molecule has 0 amide bonds. The van der Waals surface area contributed by atoms with E-state index >= 15 is 0 Å². The second-order valence-corrected chi connectivity index (χ2v) is 10.3. The molecule has 24 heavy (non-hydrogen) atoms. The van der Waals surface area contributed by atoms with Crippen LogP contribution < -0.4 is 5.32 Å². The first-order chi connectivity index (χ1) is 11.2. The van der Waals surface area contributed by atoms with Crippen molar-refractivity contribution in [3.05, 3.63) is 0 Å². The molecule has 6 heteroatoms. The lowest BCUT2D eigenvalue weighted by molar-refractivity contribution is 0.000327. The molecule has 5 nitrogen and oxygen atoms in total. The van der Waals surface area contributed by atoms with Crippen LogP contribution in [0.3, 0.4) is 0 Å². The number of hydrogen-bond donors (Lipinski definition) is 1. The van der Waals surface area contributed by atoms with Gasteiger partial charge < -0.3 is 4.74 Å². The fourth-order valence-corrected chi connectivity index (χ4v) is 6.94. The number of hydrogen-bond acceptors (Lipinski definition) is 4. The van der Waals surface area contributed by atoms with Gasteiger partial charge in [0.2, 0.25) is 10.0 Å². The van der Waals surface area contributed by atoms with E-state index in [0.717, 1.165) is 13.0 Å². The van der Waals surface area contributed by atoms with Gasteiger partial charge in [-0.05, 0) is 43.4 Å². The van der Waals surface area contributed by atoms with E-state index in [-0.39, 0.29) is 18.2 Å². The second kappa shape index (κ2) is 8.02. The maximum atomic E-state index is 13.5. The molecule has 5 atom stereocenters. The molecule has 0 aromatic carbocycles. The summed E-state index contributed by atoms with van der Waals surface area (Å²) in [6.45, 7) is 14.6. The summed E-state index contributed by atoms with van der Waals surface area (Å²) >= 11 is 0. The number of ether oxygens (including phenoxy) is 1. The molecule has 2 aliphatic rings. The van der Waals surface area contributed by atoms with Crippen LogP contribution in [0.4, 0.5) is 0 Å². The average Bonchev–Trinajstić information content (AvgIpc) is 2.97. The predicted molar refractivity (Wildman–Crippen MR) is 98.2 cm³/mol. The summed E-state index contributed by atoms with van der Waals surface area (Å²) in [7, 11) is -3.37. The summed E-state index contributed by atoms with van der Waals surface area (Å²) in [5.74, 6) is 1.70. The van der Waals surface area contributed by atoms with Crippen molar-refractivity contribution in [1.82, 2.24) is 9.62 Å². The van der Waals surface area contributed by atoms with Gasteiger partial charge in [-0.1, -0.05) is 34.6 Å². The van der Waals surface area contributed by atoms with Gasteiger partial charge in [0.1, 0.15) is 5.25 Å². The molecule has 0 radical (unpaired) electrons. The van der Waals surface area contributed by atoms with E-state index in [1.54, 1.807) is 4.31 Å². The third kappa shape index (κ3) is 3.97. The van der Waals surface area contributed by atoms with Gasteiger partial charge in [-0.25, -0.2) is 8.42 Å². The van der Waals surface area contributed by atoms with E-state index in [0.29, 0.717) is 37.3 Å². The Morgan fingerprint density at radius 2 is 1.83 bits per heavy atom. The minimum atomic E-state index is -3.37. The number of rotatable bonds is 6. The summed E-state index contributed by atoms with van der Waals surface area (Å²) in [6, 6.07) is 0. The first kappa shape index (κ1) is 20.1. The van der Waals surface area contributed by atoms with Crippen molar-refractivity contribution in [1.29, 1.82) is 0 Å². The van der Waals surface area contributed by atoms with Crippen molar-refractivity contribution in [2.45, 2.75) is 71.9 Å². The zero-order chi connectivity index (χ0) is 18.1. The van der Waals surface area contributed by atoms with Gasteiger partial charge in [0.25, 0.3) is 0 Å². The van der Waals surface area contributed by atoms with Gasteiger partial charge in [-0.3, -0.25) is 5.32 Å². The van der Waals surface area contributed by atoms with E-state index in [1.807, 2.05) is 6.92 Å². The smallest absolute Gasteiger partial charge is 0.220 e. The fourth-order valence-electron chi connectivity index (χ4n) is 4.57. The molecule has 0 aromatic heterocycles. The van der Waals surface area contributed by atoms with Crippen molar-refractivity contribution >= 4 is 10.0 Å². The molecule has 1 saturated heterocycles. The lowest BCUT2D eigenvalue weighted by Crippen LogP contribution is -2.53. The Morgan fingerprint density at radius 1 is 1.17 bits per heavy atom. The van der Waals surface area contributed by atoms with Crippen LogP contribution in [0.15, 0.2) is 0 Å². The van der Waals surface area contributed by atoms with Crippen molar-refractivity contribution in [3.63, 3.8) is 0 Å². The summed E-state index contributed by atoms with van der Waals surface area (Å²) in [4.78, 5) is 0. The molecule has 1 saturated carbocycles. The molecular formula is C18H36N2O3S. The van der Waals surface area contributed by atoms with Crippen LogP contribution in [-0.2, 0) is 14.8 Å². The third-order valence-corrected chi connectivity index (χ3v) is 8.15. The van der Waals surface area contributed by atoms with Crippen LogP contribution in [0.1, 0.15) is 54.4 Å². The molecule has 1 N–H and O–H groups in total. The summed E-state index contributed by atoms with van der Waals surface area (Å²) in [5.41, 5.74) is 0. The van der Waals surface area contributed by atoms with Crippen LogP contribution in [0, 0.1) is 23.7 Å². The van der Waals surface area contributed by atoms with Gasteiger partial charge >= 0.3 is 0 Å². The van der Waals surface area contributed by atoms with Gasteiger partial charge in [-0.2, -0.15) is 4.31 Å². The summed E-state index contributed by atoms with van der Waals surface area (Å²) in [6.07, 6.45) is 1.29. The standard InChI is InChI=1S/C18H36N2O3S/c1-7-23-16-10-14(6)15(12(2)3)11-17(16)24(21,22)20-9-8-19-18(20)13(4)5/h12-19H,7-11H2,1-6H3. The fraction of sp³-hybridized carbons (Fsp3) is 1.00. The highest BCUT2D eigenvalue weighted by Gasteiger charge is 2.48. The van der Waals surface area contributed by atoms with Crippen LogP contribution >= 0.6 is 0 Å². The Labute approximate surface area is 148 Å². The van der Waals surface area contributed by atoms with E-state index in [4.69, 9.17) is 4.74 Å². The van der Waals surface area contributed by atoms with Crippen LogP contribution in [0.25, 0.3) is 0 Å². The summed E-state index contributed by atoms with van der Waals surface area (Å²) in [5, 5.41) is 2.93. The Balaban J connectivity index is 2.29. The van der Waals surface area contributed by atoms with Gasteiger partial charge in [0, 0.05) is 19.7 Å². The topological polar surface area (TPSA) is 58.6 Å². The zero-order valence-electron chi connectivity index (χ0n) is 16.2. The van der Waals surface area contributed by atoms with E-state index in [1.165, 1.54) is 0 Å². The predicted octanol–water partition coefficient (Wildman–Crippen LogP) is 2.68. The van der Waals surface area contributed by atoms with Crippen LogP contribution in [-0.4, -0.2) is 49.9 Å². The highest BCUT2D eigenvalue weighted by atomic mass is 32.2. The quantitative estimate of drug-likeness (QED) is 0.791. The van der Waals surface area contributed by atoms with Gasteiger partial charge in [-0.15, -0.1) is 0 Å². The van der Waals surface area contributed by atoms with Crippen molar-refractivity contribution in [2.24, 2.45) is 23.7 Å². The van der Waals surface area contributed by atoms with E-state index in [2.05, 4.69) is 39.9 Å². The normalized spacial score (nSPS) is 35.9. The molecule has 2 fully saturated rings. The molecular weight excluding hydrogens is 324 g/mol. The Hall–Kier alpha value is -0.170. The molecule has 5 unspecified atom stereocenters. The average molecular weight is 361 g/mol. The highest BCUT2D eigenvalue weighted by Crippen LogP contribution is 2.40. The van der Waals surface area contributed by atoms with E-state index in [9.17, 15) is 8.42 Å². The van der Waals surface area contributed by atoms with Crippen LogP contribution in [0.5, 0.6) is 0 Å². The maximum Gasteiger partial charge on any atom is 0.220 e. The molecule has 0 aromatic rings. The Morgan fingerprint density at radius 3 is 2.38 bits per heavy atom. The molecule has 0 spiro atoms. The third-order valence-electron chi connectivity index (χ3n) is 5.83. The van der Waals surface area contributed by atoms with Crippen LogP contribution in [0.2, 0.25) is 0 Å². The molecule has 0 bridgehead atoms. The van der Waals surface area contributed by atoms with Crippen molar-refractivity contribution in [2.75, 3.05) is 19.7 Å².